The predicted molar refractivity (Wildman–Crippen MR) is 75.7 cm³/mol. The molecule has 0 unspecified atom stereocenters. The number of nitrogens with zero attached hydrogens (tertiary/aromatic N) is 1. The Balaban J connectivity index is 2.22. The summed E-state index contributed by atoms with van der Waals surface area (Å²) in [6.45, 7) is 0. The van der Waals surface area contributed by atoms with E-state index in [1.807, 2.05) is 19.2 Å². The van der Waals surface area contributed by atoms with Crippen molar-refractivity contribution < 1.29 is 14.4 Å². The maximum atomic E-state index is 10.8. The Bertz CT molecular complexity index is 611. The van der Waals surface area contributed by atoms with E-state index in [-0.39, 0.29) is 11.4 Å². The summed E-state index contributed by atoms with van der Waals surface area (Å²) in [6, 6.07) is 11.7. The molecule has 20 heavy (non-hydrogen) atoms. The fourth-order valence-electron chi connectivity index (χ4n) is 1.70. The Morgan fingerprint density at radius 3 is 2.30 bits per heavy atom. The van der Waals surface area contributed by atoms with Crippen LogP contribution in [0.15, 0.2) is 42.5 Å². The van der Waals surface area contributed by atoms with E-state index >= 15 is 0 Å². The van der Waals surface area contributed by atoms with E-state index in [9.17, 15) is 10.1 Å². The molecule has 2 rings (SSSR count). The summed E-state index contributed by atoms with van der Waals surface area (Å²) in [4.78, 5) is 10.3. The van der Waals surface area contributed by atoms with E-state index in [0.717, 1.165) is 5.69 Å². The first-order valence-electron chi connectivity index (χ1n) is 5.92. The Labute approximate surface area is 116 Å². The van der Waals surface area contributed by atoms with Crippen LogP contribution in [0, 0.1) is 10.1 Å². The molecule has 0 aliphatic carbocycles. The highest BCUT2D eigenvalue weighted by Gasteiger charge is 2.15. The van der Waals surface area contributed by atoms with Gasteiger partial charge >= 0.3 is 5.69 Å². The predicted octanol–water partition coefficient (Wildman–Crippen LogP) is 3.44. The minimum Gasteiger partial charge on any atom is -0.490 e. The van der Waals surface area contributed by atoms with Crippen molar-refractivity contribution in [3.8, 4) is 17.2 Å². The normalized spacial score (nSPS) is 9.90. The van der Waals surface area contributed by atoms with Crippen LogP contribution < -0.4 is 14.8 Å². The van der Waals surface area contributed by atoms with Crippen LogP contribution in [0.1, 0.15) is 0 Å². The maximum absolute atomic E-state index is 10.8. The van der Waals surface area contributed by atoms with Gasteiger partial charge in [-0.2, -0.15) is 0 Å². The average molecular weight is 274 g/mol. The van der Waals surface area contributed by atoms with Crippen molar-refractivity contribution in [2.75, 3.05) is 19.5 Å². The third kappa shape index (κ3) is 2.97. The highest BCUT2D eigenvalue weighted by molar-refractivity contribution is 5.52. The Morgan fingerprint density at radius 1 is 1.10 bits per heavy atom. The number of hydrogen-bond donors (Lipinski definition) is 1. The number of hydrogen-bond acceptors (Lipinski definition) is 5. The van der Waals surface area contributed by atoms with Crippen LogP contribution in [0.3, 0.4) is 0 Å². The zero-order valence-electron chi connectivity index (χ0n) is 11.1. The molecule has 0 saturated carbocycles. The van der Waals surface area contributed by atoms with E-state index in [1.165, 1.54) is 25.3 Å². The molecular formula is C14H14N2O4. The second-order valence-electron chi connectivity index (χ2n) is 3.97. The van der Waals surface area contributed by atoms with Crippen LogP contribution in [0.4, 0.5) is 11.4 Å². The van der Waals surface area contributed by atoms with Crippen LogP contribution >= 0.6 is 0 Å². The highest BCUT2D eigenvalue weighted by Crippen LogP contribution is 2.33. The topological polar surface area (TPSA) is 73.6 Å². The lowest BCUT2D eigenvalue weighted by Gasteiger charge is -2.08. The van der Waals surface area contributed by atoms with Crippen LogP contribution in [0.25, 0.3) is 0 Å². The van der Waals surface area contributed by atoms with Crippen molar-refractivity contribution in [2.24, 2.45) is 0 Å². The molecule has 1 N–H and O–H groups in total. The van der Waals surface area contributed by atoms with E-state index in [2.05, 4.69) is 5.32 Å². The van der Waals surface area contributed by atoms with E-state index in [0.29, 0.717) is 11.5 Å². The molecule has 0 bridgehead atoms. The standard InChI is InChI=1S/C14H14N2O4/c1-15-10-3-5-11(6-4-10)20-12-7-8-13(16(17)18)14(9-12)19-2/h3-9,15H,1-2H3. The smallest absolute Gasteiger partial charge is 0.311 e. The quantitative estimate of drug-likeness (QED) is 0.667. The average Bonchev–Trinajstić information content (AvgIpc) is 2.47. The largest absolute Gasteiger partial charge is 0.490 e. The first kappa shape index (κ1) is 13.7. The molecule has 0 aliphatic heterocycles. The molecule has 0 amide bonds. The van der Waals surface area contributed by atoms with Crippen molar-refractivity contribution >= 4 is 11.4 Å². The second kappa shape index (κ2) is 5.92. The van der Waals surface area contributed by atoms with Gasteiger partial charge in [0.2, 0.25) is 5.75 Å². The first-order valence-corrected chi connectivity index (χ1v) is 5.92. The van der Waals surface area contributed by atoms with Crippen LogP contribution in [-0.4, -0.2) is 19.1 Å². The Hall–Kier alpha value is -2.76. The molecule has 0 fully saturated rings. The molecule has 2 aromatic rings. The van der Waals surface area contributed by atoms with Gasteiger partial charge in [0.25, 0.3) is 0 Å². The van der Waals surface area contributed by atoms with Crippen LogP contribution in [0.2, 0.25) is 0 Å². The van der Waals surface area contributed by atoms with E-state index < -0.39 is 4.92 Å². The molecule has 0 heterocycles. The molecule has 0 radical (unpaired) electrons. The summed E-state index contributed by atoms with van der Waals surface area (Å²) >= 11 is 0. The number of benzene rings is 2. The van der Waals surface area contributed by atoms with E-state index in [4.69, 9.17) is 9.47 Å². The molecule has 0 spiro atoms. The number of ether oxygens (including phenoxy) is 2. The molecular weight excluding hydrogens is 260 g/mol. The van der Waals surface area contributed by atoms with Crippen molar-refractivity contribution in [3.63, 3.8) is 0 Å². The van der Waals surface area contributed by atoms with Gasteiger partial charge in [0.05, 0.1) is 12.0 Å². The van der Waals surface area contributed by atoms with Gasteiger partial charge in [0.1, 0.15) is 11.5 Å². The molecule has 6 nitrogen and oxygen atoms in total. The maximum Gasteiger partial charge on any atom is 0.311 e. The molecule has 6 heteroatoms. The van der Waals surface area contributed by atoms with Gasteiger partial charge in [0, 0.05) is 24.9 Å². The number of nitro groups is 1. The molecule has 2 aromatic carbocycles. The van der Waals surface area contributed by atoms with Gasteiger partial charge in [0.15, 0.2) is 0 Å². The van der Waals surface area contributed by atoms with Gasteiger partial charge in [-0.3, -0.25) is 10.1 Å². The van der Waals surface area contributed by atoms with Gasteiger partial charge in [-0.25, -0.2) is 0 Å². The van der Waals surface area contributed by atoms with Crippen LogP contribution in [-0.2, 0) is 0 Å². The van der Waals surface area contributed by atoms with Gasteiger partial charge < -0.3 is 14.8 Å². The Kier molecular flexibility index (Phi) is 4.05. The van der Waals surface area contributed by atoms with Gasteiger partial charge in [-0.15, -0.1) is 0 Å². The molecule has 0 aliphatic rings. The number of rotatable bonds is 5. The molecule has 0 aromatic heterocycles. The van der Waals surface area contributed by atoms with E-state index in [1.54, 1.807) is 12.1 Å². The minimum absolute atomic E-state index is 0.0922. The molecule has 104 valence electrons. The lowest BCUT2D eigenvalue weighted by molar-refractivity contribution is -0.385. The first-order chi connectivity index (χ1) is 9.63. The molecule has 0 atom stereocenters. The fraction of sp³-hybridized carbons (Fsp3) is 0.143. The lowest BCUT2D eigenvalue weighted by Crippen LogP contribution is -1.94. The summed E-state index contributed by atoms with van der Waals surface area (Å²) in [5.41, 5.74) is 0.879. The van der Waals surface area contributed by atoms with Crippen molar-refractivity contribution in [2.45, 2.75) is 0 Å². The SMILES string of the molecule is CNc1ccc(Oc2ccc([N+](=O)[O-])c(OC)c2)cc1. The monoisotopic (exact) mass is 274 g/mol. The zero-order chi connectivity index (χ0) is 14.5. The second-order valence-corrected chi connectivity index (χ2v) is 3.97. The summed E-state index contributed by atoms with van der Waals surface area (Å²) < 4.78 is 10.6. The summed E-state index contributed by atoms with van der Waals surface area (Å²) in [7, 11) is 3.21. The summed E-state index contributed by atoms with van der Waals surface area (Å²) in [5.74, 6) is 1.28. The third-order valence-electron chi connectivity index (χ3n) is 2.73. The summed E-state index contributed by atoms with van der Waals surface area (Å²) in [5, 5.41) is 13.8. The number of nitro benzene ring substituents is 1. The highest BCUT2D eigenvalue weighted by atomic mass is 16.6. The number of anilines is 1. The zero-order valence-corrected chi connectivity index (χ0v) is 11.1. The van der Waals surface area contributed by atoms with Crippen molar-refractivity contribution in [1.82, 2.24) is 0 Å². The fourth-order valence-corrected chi connectivity index (χ4v) is 1.70. The number of nitrogens with one attached hydrogen (secondary N) is 1. The molecule has 0 saturated heterocycles. The number of methoxy groups -OCH3 is 1. The minimum atomic E-state index is -0.496. The van der Waals surface area contributed by atoms with Gasteiger partial charge in [-0.1, -0.05) is 0 Å². The van der Waals surface area contributed by atoms with Crippen LogP contribution in [0.5, 0.6) is 17.2 Å². The lowest BCUT2D eigenvalue weighted by atomic mass is 10.2. The van der Waals surface area contributed by atoms with Crippen molar-refractivity contribution in [3.05, 3.63) is 52.6 Å². The van der Waals surface area contributed by atoms with Crippen molar-refractivity contribution in [1.29, 1.82) is 0 Å². The third-order valence-corrected chi connectivity index (χ3v) is 2.73. The summed E-state index contributed by atoms with van der Waals surface area (Å²) in [6.07, 6.45) is 0. The van der Waals surface area contributed by atoms with Gasteiger partial charge in [-0.05, 0) is 30.3 Å². The Morgan fingerprint density at radius 2 is 1.75 bits per heavy atom.